The zero-order valence-electron chi connectivity index (χ0n) is 8.87. The summed E-state index contributed by atoms with van der Waals surface area (Å²) < 4.78 is 0. The van der Waals surface area contributed by atoms with Gasteiger partial charge in [-0.15, -0.1) is 0 Å². The van der Waals surface area contributed by atoms with Gasteiger partial charge in [0.15, 0.2) is 0 Å². The van der Waals surface area contributed by atoms with Gasteiger partial charge in [0.2, 0.25) is 5.54 Å². The zero-order chi connectivity index (χ0) is 10.6. The number of hydrogen-bond acceptors (Lipinski definition) is 1. The number of nitrogens with zero attached hydrogens (tertiary/aromatic N) is 1. The molecule has 0 unspecified atom stereocenters. The molecule has 1 heterocycles. The summed E-state index contributed by atoms with van der Waals surface area (Å²) >= 11 is 0. The van der Waals surface area contributed by atoms with Crippen molar-refractivity contribution in [3.05, 3.63) is 47.3 Å². The molecule has 1 aliphatic heterocycles. The van der Waals surface area contributed by atoms with Crippen LogP contribution in [0.15, 0.2) is 30.3 Å². The highest BCUT2D eigenvalue weighted by atomic mass is 14.9. The maximum Gasteiger partial charge on any atom is 0.239 e. The van der Waals surface area contributed by atoms with Crippen molar-refractivity contribution in [3.63, 3.8) is 0 Å². The normalized spacial score (nSPS) is 19.4. The molecule has 0 spiro atoms. The summed E-state index contributed by atoms with van der Waals surface area (Å²) in [7, 11) is 0. The lowest BCUT2D eigenvalue weighted by Gasteiger charge is -2.26. The average molecular weight is 200 g/mol. The topological polar surface area (TPSA) is 16.4 Å². The predicted octanol–water partition coefficient (Wildman–Crippen LogP) is 2.27. The van der Waals surface area contributed by atoms with Gasteiger partial charge >= 0.3 is 0 Å². The van der Waals surface area contributed by atoms with Crippen LogP contribution in [0, 0.1) is 6.57 Å². The second-order valence-electron chi connectivity index (χ2n) is 4.25. The Labute approximate surface area is 91.1 Å². The Bertz CT molecular complexity index is 345. The van der Waals surface area contributed by atoms with E-state index in [9.17, 15) is 0 Å². The Balaban J connectivity index is 2.12. The summed E-state index contributed by atoms with van der Waals surface area (Å²) in [6.45, 7) is 9.35. The van der Waals surface area contributed by atoms with E-state index in [1.807, 2.05) is 18.2 Å². The van der Waals surface area contributed by atoms with Crippen molar-refractivity contribution in [1.82, 2.24) is 5.32 Å². The highest BCUT2D eigenvalue weighted by molar-refractivity contribution is 5.20. The maximum absolute atomic E-state index is 7.39. The monoisotopic (exact) mass is 200 g/mol. The van der Waals surface area contributed by atoms with Crippen LogP contribution in [0.25, 0.3) is 4.85 Å². The Morgan fingerprint density at radius 2 is 1.87 bits per heavy atom. The Hall–Kier alpha value is -1.33. The van der Waals surface area contributed by atoms with Crippen LogP contribution in [-0.4, -0.2) is 18.6 Å². The first-order chi connectivity index (χ1) is 7.35. The van der Waals surface area contributed by atoms with E-state index in [1.54, 1.807) is 0 Å². The maximum atomic E-state index is 7.39. The lowest BCUT2D eigenvalue weighted by molar-refractivity contribution is 0.359. The van der Waals surface area contributed by atoms with Crippen LogP contribution in [0.2, 0.25) is 0 Å². The molecule has 0 amide bonds. The average Bonchev–Trinajstić information content (AvgIpc) is 2.32. The molecule has 1 aromatic rings. The largest absolute Gasteiger partial charge is 0.316 e. The van der Waals surface area contributed by atoms with Crippen molar-refractivity contribution < 1.29 is 0 Å². The van der Waals surface area contributed by atoms with Crippen molar-refractivity contribution in [2.75, 3.05) is 13.1 Å². The van der Waals surface area contributed by atoms with Crippen LogP contribution in [0.1, 0.15) is 18.4 Å². The summed E-state index contributed by atoms with van der Waals surface area (Å²) in [5, 5.41) is 3.32. The molecule has 78 valence electrons. The smallest absolute Gasteiger partial charge is 0.239 e. The Morgan fingerprint density at radius 1 is 1.20 bits per heavy atom. The minimum atomic E-state index is -0.146. The molecule has 2 nitrogen and oxygen atoms in total. The molecule has 0 saturated carbocycles. The number of benzene rings is 1. The molecular weight excluding hydrogens is 184 g/mol. The van der Waals surface area contributed by atoms with Gasteiger partial charge in [-0.25, -0.2) is 6.57 Å². The quantitative estimate of drug-likeness (QED) is 0.724. The first-order valence-electron chi connectivity index (χ1n) is 5.48. The first-order valence-corrected chi connectivity index (χ1v) is 5.48. The lowest BCUT2D eigenvalue weighted by Crippen LogP contribution is -2.41. The van der Waals surface area contributed by atoms with Crippen molar-refractivity contribution in [2.45, 2.75) is 24.8 Å². The van der Waals surface area contributed by atoms with Crippen molar-refractivity contribution in [2.24, 2.45) is 0 Å². The molecule has 0 aliphatic carbocycles. The molecule has 0 radical (unpaired) electrons. The van der Waals surface area contributed by atoms with Gasteiger partial charge in [0.1, 0.15) is 0 Å². The van der Waals surface area contributed by atoms with E-state index in [-0.39, 0.29) is 5.54 Å². The summed E-state index contributed by atoms with van der Waals surface area (Å²) in [5.74, 6) is 0. The fraction of sp³-hybridized carbons (Fsp3) is 0.462. The molecule has 2 heteroatoms. The third-order valence-electron chi connectivity index (χ3n) is 3.15. The molecule has 15 heavy (non-hydrogen) atoms. The van der Waals surface area contributed by atoms with Gasteiger partial charge < -0.3 is 10.2 Å². The predicted molar refractivity (Wildman–Crippen MR) is 61.6 cm³/mol. The number of nitrogens with one attached hydrogen (secondary N) is 1. The molecule has 0 bridgehead atoms. The number of hydrogen-bond donors (Lipinski definition) is 1. The highest BCUT2D eigenvalue weighted by Gasteiger charge is 2.37. The highest BCUT2D eigenvalue weighted by Crippen LogP contribution is 2.27. The molecular formula is C13H16N2. The second kappa shape index (κ2) is 4.46. The lowest BCUT2D eigenvalue weighted by atomic mass is 9.83. The van der Waals surface area contributed by atoms with E-state index in [0.717, 1.165) is 32.4 Å². The summed E-state index contributed by atoms with van der Waals surface area (Å²) in [4.78, 5) is 3.88. The van der Waals surface area contributed by atoms with Crippen LogP contribution in [0.3, 0.4) is 0 Å². The fourth-order valence-corrected chi connectivity index (χ4v) is 2.20. The van der Waals surface area contributed by atoms with Gasteiger partial charge in [-0.1, -0.05) is 30.3 Å². The summed E-state index contributed by atoms with van der Waals surface area (Å²) in [5.41, 5.74) is 1.14. The molecule has 1 fully saturated rings. The third kappa shape index (κ3) is 2.37. The number of rotatable bonds is 2. The second-order valence-corrected chi connectivity index (χ2v) is 4.25. The van der Waals surface area contributed by atoms with E-state index < -0.39 is 0 Å². The van der Waals surface area contributed by atoms with Crippen molar-refractivity contribution in [1.29, 1.82) is 0 Å². The van der Waals surface area contributed by atoms with Crippen molar-refractivity contribution in [3.8, 4) is 0 Å². The van der Waals surface area contributed by atoms with Gasteiger partial charge in [0.25, 0.3) is 0 Å². The van der Waals surface area contributed by atoms with Crippen molar-refractivity contribution >= 4 is 0 Å². The van der Waals surface area contributed by atoms with Gasteiger partial charge in [0.05, 0.1) is 6.42 Å². The van der Waals surface area contributed by atoms with Crippen LogP contribution in [0.5, 0.6) is 0 Å². The SMILES string of the molecule is [C-]#[N+]C1(Cc2ccccc2)CCNCC1. The van der Waals surface area contributed by atoms with Crippen LogP contribution in [0.4, 0.5) is 0 Å². The summed E-state index contributed by atoms with van der Waals surface area (Å²) in [6, 6.07) is 10.4. The third-order valence-corrected chi connectivity index (χ3v) is 3.15. The van der Waals surface area contributed by atoms with E-state index in [0.29, 0.717) is 0 Å². The molecule has 0 aromatic heterocycles. The van der Waals surface area contributed by atoms with E-state index >= 15 is 0 Å². The Kier molecular flexibility index (Phi) is 3.03. The minimum absolute atomic E-state index is 0.146. The van der Waals surface area contributed by atoms with E-state index in [2.05, 4.69) is 22.3 Å². The molecule has 1 saturated heterocycles. The van der Waals surface area contributed by atoms with Crippen LogP contribution >= 0.6 is 0 Å². The van der Waals surface area contributed by atoms with E-state index in [4.69, 9.17) is 6.57 Å². The molecule has 0 atom stereocenters. The number of piperidine rings is 1. The van der Waals surface area contributed by atoms with Crippen LogP contribution < -0.4 is 5.32 Å². The van der Waals surface area contributed by atoms with Crippen LogP contribution in [-0.2, 0) is 6.42 Å². The van der Waals surface area contributed by atoms with E-state index in [1.165, 1.54) is 5.56 Å². The fourth-order valence-electron chi connectivity index (χ4n) is 2.20. The standard InChI is InChI=1S/C13H16N2/c1-14-13(7-9-15-10-8-13)11-12-5-3-2-4-6-12/h2-6,15H,7-11H2. The molecule has 2 rings (SSSR count). The first kappa shape index (κ1) is 10.2. The molecule has 1 aliphatic rings. The summed E-state index contributed by atoms with van der Waals surface area (Å²) in [6.07, 6.45) is 2.86. The van der Waals surface area contributed by atoms with Gasteiger partial charge in [-0.05, 0) is 5.56 Å². The minimum Gasteiger partial charge on any atom is -0.316 e. The Morgan fingerprint density at radius 3 is 2.47 bits per heavy atom. The molecule has 1 aromatic carbocycles. The van der Waals surface area contributed by atoms with Gasteiger partial charge in [-0.2, -0.15) is 0 Å². The van der Waals surface area contributed by atoms with Gasteiger partial charge in [0, 0.05) is 25.9 Å². The molecule has 1 N–H and O–H groups in total. The zero-order valence-corrected chi connectivity index (χ0v) is 8.87. The van der Waals surface area contributed by atoms with Gasteiger partial charge in [-0.3, -0.25) is 0 Å².